The van der Waals surface area contributed by atoms with E-state index in [1.165, 1.54) is 0 Å². The number of hydrogen-bond acceptors (Lipinski definition) is 3. The molecule has 0 saturated carbocycles. The van der Waals surface area contributed by atoms with E-state index in [1.54, 1.807) is 6.20 Å². The predicted molar refractivity (Wildman–Crippen MR) is 85.6 cm³/mol. The summed E-state index contributed by atoms with van der Waals surface area (Å²) in [5, 5.41) is 0. The van der Waals surface area contributed by atoms with Gasteiger partial charge in [0.05, 0.1) is 6.54 Å². The van der Waals surface area contributed by atoms with E-state index in [0.717, 1.165) is 50.0 Å². The second-order valence-corrected chi connectivity index (χ2v) is 6.72. The minimum absolute atomic E-state index is 0.0513. The highest BCUT2D eigenvalue weighted by atomic mass is 16.2. The number of piperidine rings is 1. The highest BCUT2D eigenvalue weighted by Gasteiger charge is 2.31. The number of carbonyl (C=O) groups excluding carboxylic acids is 1. The van der Waals surface area contributed by atoms with Crippen LogP contribution in [0, 0.1) is 5.92 Å². The van der Waals surface area contributed by atoms with E-state index in [4.69, 9.17) is 0 Å². The number of rotatable bonds is 2. The SMILES string of the molecule is CC(C)N1CCC(C(=O)N2CCc3cc[nH]c(=O)c3C2)CC1. The van der Waals surface area contributed by atoms with Crippen LogP contribution in [0.25, 0.3) is 0 Å². The minimum atomic E-state index is -0.0513. The number of H-pyrrole nitrogens is 1. The largest absolute Gasteiger partial charge is 0.338 e. The highest BCUT2D eigenvalue weighted by Crippen LogP contribution is 2.24. The van der Waals surface area contributed by atoms with E-state index < -0.39 is 0 Å². The molecule has 1 saturated heterocycles. The van der Waals surface area contributed by atoms with E-state index in [1.807, 2.05) is 11.0 Å². The molecule has 0 spiro atoms. The number of carbonyl (C=O) groups is 1. The van der Waals surface area contributed by atoms with E-state index >= 15 is 0 Å². The summed E-state index contributed by atoms with van der Waals surface area (Å²) < 4.78 is 0. The summed E-state index contributed by atoms with van der Waals surface area (Å²) >= 11 is 0. The van der Waals surface area contributed by atoms with Gasteiger partial charge in [0.1, 0.15) is 0 Å². The quantitative estimate of drug-likeness (QED) is 0.898. The number of fused-ring (bicyclic) bond motifs is 1. The average Bonchev–Trinajstić information content (AvgIpc) is 2.54. The standard InChI is InChI=1S/C17H25N3O2/c1-12(2)19-8-5-14(6-9-19)17(22)20-10-4-13-3-7-18-16(21)15(13)11-20/h3,7,12,14H,4-6,8-11H2,1-2H3,(H,18,21). The molecular weight excluding hydrogens is 278 g/mol. The van der Waals surface area contributed by atoms with Crippen molar-refractivity contribution in [2.45, 2.75) is 45.7 Å². The van der Waals surface area contributed by atoms with Gasteiger partial charge in [-0.25, -0.2) is 0 Å². The summed E-state index contributed by atoms with van der Waals surface area (Å²) in [6.07, 6.45) is 4.35. The molecule has 1 N–H and O–H groups in total. The van der Waals surface area contributed by atoms with Crippen molar-refractivity contribution >= 4 is 5.91 Å². The normalized spacial score (nSPS) is 20.2. The van der Waals surface area contributed by atoms with Gasteiger partial charge in [-0.2, -0.15) is 0 Å². The Bertz CT molecular complexity index is 600. The molecule has 0 atom stereocenters. The molecule has 1 aromatic heterocycles. The summed E-state index contributed by atoms with van der Waals surface area (Å²) in [6, 6.07) is 2.51. The number of aromatic nitrogens is 1. The molecule has 1 amide bonds. The van der Waals surface area contributed by atoms with Gasteiger partial charge in [-0.15, -0.1) is 0 Å². The number of nitrogens with one attached hydrogen (secondary N) is 1. The molecule has 3 rings (SSSR count). The molecule has 1 aromatic rings. The topological polar surface area (TPSA) is 56.4 Å². The van der Waals surface area contributed by atoms with Crippen LogP contribution in [0.5, 0.6) is 0 Å². The first-order valence-electron chi connectivity index (χ1n) is 8.28. The molecule has 0 radical (unpaired) electrons. The molecule has 22 heavy (non-hydrogen) atoms. The highest BCUT2D eigenvalue weighted by molar-refractivity contribution is 5.79. The van der Waals surface area contributed by atoms with Crippen LogP contribution < -0.4 is 5.56 Å². The Balaban J connectivity index is 1.65. The number of hydrogen-bond donors (Lipinski definition) is 1. The summed E-state index contributed by atoms with van der Waals surface area (Å²) in [4.78, 5) is 31.7. The molecule has 0 bridgehead atoms. The van der Waals surface area contributed by atoms with E-state index in [9.17, 15) is 9.59 Å². The summed E-state index contributed by atoms with van der Waals surface area (Å²) in [7, 11) is 0. The summed E-state index contributed by atoms with van der Waals surface area (Å²) in [5.74, 6) is 0.358. The van der Waals surface area contributed by atoms with Crippen LogP contribution in [0.1, 0.15) is 37.8 Å². The number of aromatic amines is 1. The van der Waals surface area contributed by atoms with Gasteiger partial charge >= 0.3 is 0 Å². The molecular formula is C17H25N3O2. The van der Waals surface area contributed by atoms with Gasteiger partial charge in [-0.1, -0.05) is 0 Å². The van der Waals surface area contributed by atoms with Crippen LogP contribution >= 0.6 is 0 Å². The lowest BCUT2D eigenvalue weighted by atomic mass is 9.93. The fourth-order valence-corrected chi connectivity index (χ4v) is 3.59. The van der Waals surface area contributed by atoms with Crippen molar-refractivity contribution in [3.8, 4) is 0 Å². The van der Waals surface area contributed by atoms with Crippen LogP contribution in [0.15, 0.2) is 17.1 Å². The fraction of sp³-hybridized carbons (Fsp3) is 0.647. The Morgan fingerprint density at radius 3 is 2.68 bits per heavy atom. The lowest BCUT2D eigenvalue weighted by Gasteiger charge is -2.37. The van der Waals surface area contributed by atoms with Crippen molar-refractivity contribution in [2.24, 2.45) is 5.92 Å². The number of likely N-dealkylation sites (tertiary alicyclic amines) is 1. The van der Waals surface area contributed by atoms with Crippen molar-refractivity contribution < 1.29 is 4.79 Å². The Labute approximate surface area is 131 Å². The Morgan fingerprint density at radius 1 is 1.27 bits per heavy atom. The van der Waals surface area contributed by atoms with Gasteiger partial charge in [0.25, 0.3) is 5.56 Å². The van der Waals surface area contributed by atoms with Gasteiger partial charge in [0.2, 0.25) is 5.91 Å². The molecule has 0 unspecified atom stereocenters. The van der Waals surface area contributed by atoms with Crippen LogP contribution in [0.2, 0.25) is 0 Å². The van der Waals surface area contributed by atoms with Crippen molar-refractivity contribution in [2.75, 3.05) is 19.6 Å². The van der Waals surface area contributed by atoms with Crippen molar-refractivity contribution in [3.63, 3.8) is 0 Å². The van der Waals surface area contributed by atoms with Gasteiger partial charge in [-0.05, 0) is 57.8 Å². The Hall–Kier alpha value is -1.62. The minimum Gasteiger partial charge on any atom is -0.338 e. The molecule has 0 aromatic carbocycles. The zero-order chi connectivity index (χ0) is 15.7. The van der Waals surface area contributed by atoms with Crippen LogP contribution in [-0.4, -0.2) is 46.4 Å². The molecule has 120 valence electrons. The van der Waals surface area contributed by atoms with Crippen LogP contribution in [0.4, 0.5) is 0 Å². The maximum atomic E-state index is 12.7. The van der Waals surface area contributed by atoms with Crippen LogP contribution in [0.3, 0.4) is 0 Å². The summed E-state index contributed by atoms with van der Waals surface area (Å²) in [6.45, 7) is 7.61. The lowest BCUT2D eigenvalue weighted by Crippen LogP contribution is -2.46. The predicted octanol–water partition coefficient (Wildman–Crippen LogP) is 1.38. The summed E-state index contributed by atoms with van der Waals surface area (Å²) in [5.41, 5.74) is 1.80. The second kappa shape index (κ2) is 6.24. The molecule has 3 heterocycles. The van der Waals surface area contributed by atoms with Gasteiger partial charge in [-0.3, -0.25) is 9.59 Å². The zero-order valence-electron chi connectivity index (χ0n) is 13.5. The second-order valence-electron chi connectivity index (χ2n) is 6.72. The number of pyridine rings is 1. The zero-order valence-corrected chi connectivity index (χ0v) is 13.5. The number of nitrogens with zero attached hydrogens (tertiary/aromatic N) is 2. The molecule has 5 heteroatoms. The first kappa shape index (κ1) is 15.3. The first-order chi connectivity index (χ1) is 10.6. The maximum absolute atomic E-state index is 12.7. The first-order valence-corrected chi connectivity index (χ1v) is 8.28. The van der Waals surface area contributed by atoms with Gasteiger partial charge in [0.15, 0.2) is 0 Å². The monoisotopic (exact) mass is 303 g/mol. The fourth-order valence-electron chi connectivity index (χ4n) is 3.59. The smallest absolute Gasteiger partial charge is 0.253 e. The van der Waals surface area contributed by atoms with E-state index in [2.05, 4.69) is 23.7 Å². The van der Waals surface area contributed by atoms with Gasteiger partial charge < -0.3 is 14.8 Å². The van der Waals surface area contributed by atoms with Crippen LogP contribution in [-0.2, 0) is 17.8 Å². The lowest BCUT2D eigenvalue weighted by molar-refractivity contribution is -0.138. The van der Waals surface area contributed by atoms with Crippen molar-refractivity contribution in [3.05, 3.63) is 33.7 Å². The third kappa shape index (κ3) is 2.95. The van der Waals surface area contributed by atoms with E-state index in [0.29, 0.717) is 12.6 Å². The average molecular weight is 303 g/mol. The molecule has 0 aliphatic carbocycles. The van der Waals surface area contributed by atoms with Crippen molar-refractivity contribution in [1.82, 2.24) is 14.8 Å². The molecule has 2 aliphatic heterocycles. The maximum Gasteiger partial charge on any atom is 0.253 e. The van der Waals surface area contributed by atoms with Gasteiger partial charge in [0, 0.05) is 30.3 Å². The Kier molecular flexibility index (Phi) is 4.34. The third-order valence-corrected chi connectivity index (χ3v) is 5.08. The Morgan fingerprint density at radius 2 is 2.00 bits per heavy atom. The molecule has 1 fully saturated rings. The van der Waals surface area contributed by atoms with E-state index in [-0.39, 0.29) is 17.4 Å². The van der Waals surface area contributed by atoms with Crippen molar-refractivity contribution in [1.29, 1.82) is 0 Å². The molecule has 5 nitrogen and oxygen atoms in total. The molecule has 2 aliphatic rings. The number of amides is 1. The third-order valence-electron chi connectivity index (χ3n) is 5.08.